The van der Waals surface area contributed by atoms with Crippen LogP contribution in [0.15, 0.2) is 48.6 Å². The Bertz CT molecular complexity index is 795. The first-order valence-corrected chi connectivity index (χ1v) is 13.5. The van der Waals surface area contributed by atoms with Crippen LogP contribution >= 0.6 is 0 Å². The SMILES string of the molecule is C=C1CCC[C@@H]2CC=C[C@@H](C/C=C\C(=O)O[C@H]([C@@H](O)/C=C/C3CCCCC3)C[C@@H]3O[C@H]3C(O)C1)O2. The van der Waals surface area contributed by atoms with Gasteiger partial charge < -0.3 is 24.4 Å². The fourth-order valence-corrected chi connectivity index (χ4v) is 5.52. The Kier molecular flexibility index (Phi) is 9.78. The lowest BCUT2D eigenvalue weighted by molar-refractivity contribution is -0.148. The number of carbonyl (C=O) groups is 1. The Labute approximate surface area is 209 Å². The molecule has 1 saturated heterocycles. The van der Waals surface area contributed by atoms with Gasteiger partial charge in [-0.25, -0.2) is 4.79 Å². The first-order chi connectivity index (χ1) is 17.0. The molecule has 4 rings (SSSR count). The van der Waals surface area contributed by atoms with Crippen LogP contribution in [-0.4, -0.2) is 58.9 Å². The highest BCUT2D eigenvalue weighted by molar-refractivity contribution is 5.82. The van der Waals surface area contributed by atoms with Gasteiger partial charge in [-0.1, -0.05) is 61.8 Å². The van der Waals surface area contributed by atoms with E-state index in [4.69, 9.17) is 14.2 Å². The van der Waals surface area contributed by atoms with Crippen LogP contribution in [0.2, 0.25) is 0 Å². The average Bonchev–Trinajstić information content (AvgIpc) is 3.62. The molecule has 0 spiro atoms. The summed E-state index contributed by atoms with van der Waals surface area (Å²) in [5.74, 6) is -0.0120. The molecule has 2 bridgehead atoms. The van der Waals surface area contributed by atoms with Gasteiger partial charge in [0, 0.05) is 12.5 Å². The predicted molar refractivity (Wildman–Crippen MR) is 135 cm³/mol. The second-order valence-electron chi connectivity index (χ2n) is 10.6. The third-order valence-electron chi connectivity index (χ3n) is 7.64. The van der Waals surface area contributed by atoms with Crippen LogP contribution in [0.5, 0.6) is 0 Å². The molecule has 35 heavy (non-hydrogen) atoms. The summed E-state index contributed by atoms with van der Waals surface area (Å²) in [5, 5.41) is 21.5. The minimum Gasteiger partial charge on any atom is -0.456 e. The summed E-state index contributed by atoms with van der Waals surface area (Å²) in [4.78, 5) is 12.6. The maximum atomic E-state index is 12.6. The molecule has 4 aliphatic rings. The Hall–Kier alpha value is -1.73. The number of hydrogen-bond acceptors (Lipinski definition) is 6. The van der Waals surface area contributed by atoms with Crippen molar-refractivity contribution in [3.63, 3.8) is 0 Å². The summed E-state index contributed by atoms with van der Waals surface area (Å²) in [7, 11) is 0. The van der Waals surface area contributed by atoms with Crippen LogP contribution in [0.4, 0.5) is 0 Å². The number of epoxide rings is 1. The zero-order valence-electron chi connectivity index (χ0n) is 20.8. The number of fused-ring (bicyclic) bond motifs is 3. The first kappa shape index (κ1) is 26.3. The Morgan fingerprint density at radius 1 is 1.06 bits per heavy atom. The molecule has 1 saturated carbocycles. The molecule has 0 amide bonds. The molecule has 6 nitrogen and oxygen atoms in total. The van der Waals surface area contributed by atoms with E-state index in [1.807, 2.05) is 6.08 Å². The van der Waals surface area contributed by atoms with Crippen LogP contribution in [0.25, 0.3) is 0 Å². The number of aliphatic hydroxyl groups excluding tert-OH is 2. The number of ether oxygens (including phenoxy) is 3. The van der Waals surface area contributed by atoms with Gasteiger partial charge in [-0.2, -0.15) is 0 Å². The molecule has 6 heteroatoms. The number of hydrogen-bond donors (Lipinski definition) is 2. The van der Waals surface area contributed by atoms with Gasteiger partial charge in [0.2, 0.25) is 0 Å². The van der Waals surface area contributed by atoms with Crippen LogP contribution in [0.1, 0.15) is 77.0 Å². The molecular weight excluding hydrogens is 444 g/mol. The van der Waals surface area contributed by atoms with Crippen molar-refractivity contribution < 1.29 is 29.2 Å². The van der Waals surface area contributed by atoms with E-state index in [9.17, 15) is 15.0 Å². The predicted octanol–water partition coefficient (Wildman–Crippen LogP) is 4.70. The molecule has 1 aliphatic carbocycles. The molecule has 0 aromatic heterocycles. The third kappa shape index (κ3) is 8.42. The van der Waals surface area contributed by atoms with Crippen molar-refractivity contribution >= 4 is 5.97 Å². The monoisotopic (exact) mass is 486 g/mol. The van der Waals surface area contributed by atoms with E-state index in [1.54, 1.807) is 12.2 Å². The van der Waals surface area contributed by atoms with Gasteiger partial charge in [0.25, 0.3) is 0 Å². The van der Waals surface area contributed by atoms with Gasteiger partial charge in [0.05, 0.1) is 24.4 Å². The molecule has 0 aromatic carbocycles. The molecule has 7 atom stereocenters. The standard InChI is InChI=1S/C29H42O6/c1-20-8-5-11-22-12-6-13-23(33-22)14-7-15-28(32)34-26(19-27-29(35-27)25(31)18-20)24(30)17-16-21-9-3-2-4-10-21/h6-7,13,15-17,21-27,29-31H,1-5,8-12,14,18-19H2/b15-7-,17-16+/t22-,23+,24+,25?,26+,27+,29+/m1/s1. The van der Waals surface area contributed by atoms with Crippen LogP contribution in [0.3, 0.4) is 0 Å². The van der Waals surface area contributed by atoms with E-state index in [1.165, 1.54) is 25.3 Å². The highest BCUT2D eigenvalue weighted by Gasteiger charge is 2.46. The number of aliphatic hydroxyl groups is 2. The third-order valence-corrected chi connectivity index (χ3v) is 7.64. The lowest BCUT2D eigenvalue weighted by Gasteiger charge is -2.25. The molecule has 2 fully saturated rings. The normalized spacial score (nSPS) is 37.7. The van der Waals surface area contributed by atoms with Gasteiger partial charge in [-0.15, -0.1) is 0 Å². The summed E-state index contributed by atoms with van der Waals surface area (Å²) in [6.07, 6.45) is 19.6. The fraction of sp³-hybridized carbons (Fsp3) is 0.690. The summed E-state index contributed by atoms with van der Waals surface area (Å²) >= 11 is 0. The first-order valence-electron chi connectivity index (χ1n) is 13.5. The zero-order valence-corrected chi connectivity index (χ0v) is 20.8. The molecule has 2 N–H and O–H groups in total. The van der Waals surface area contributed by atoms with Crippen LogP contribution in [0, 0.1) is 5.92 Å². The smallest absolute Gasteiger partial charge is 0.330 e. The number of allylic oxidation sites excluding steroid dienone is 1. The maximum absolute atomic E-state index is 12.6. The van der Waals surface area contributed by atoms with E-state index in [2.05, 4.69) is 18.7 Å². The van der Waals surface area contributed by atoms with E-state index in [0.29, 0.717) is 25.2 Å². The van der Waals surface area contributed by atoms with Crippen molar-refractivity contribution in [2.75, 3.05) is 0 Å². The summed E-state index contributed by atoms with van der Waals surface area (Å²) in [6.45, 7) is 4.15. The minimum absolute atomic E-state index is 0.0536. The van der Waals surface area contributed by atoms with Gasteiger partial charge in [-0.05, 0) is 57.3 Å². The van der Waals surface area contributed by atoms with E-state index < -0.39 is 24.3 Å². The molecule has 0 radical (unpaired) electrons. The molecule has 3 heterocycles. The molecule has 194 valence electrons. The van der Waals surface area contributed by atoms with Crippen molar-refractivity contribution in [2.45, 2.75) is 120 Å². The second kappa shape index (κ2) is 13.0. The van der Waals surface area contributed by atoms with E-state index in [-0.39, 0.29) is 24.4 Å². The highest BCUT2D eigenvalue weighted by Crippen LogP contribution is 2.34. The number of carbonyl (C=O) groups excluding carboxylic acids is 1. The summed E-state index contributed by atoms with van der Waals surface area (Å²) in [6, 6.07) is 0. The van der Waals surface area contributed by atoms with Gasteiger partial charge >= 0.3 is 5.97 Å². The van der Waals surface area contributed by atoms with Crippen LogP contribution in [-0.2, 0) is 19.0 Å². The number of cyclic esters (lactones) is 1. The summed E-state index contributed by atoms with van der Waals surface area (Å²) < 4.78 is 17.6. The Morgan fingerprint density at radius 3 is 2.71 bits per heavy atom. The minimum atomic E-state index is -0.915. The fourth-order valence-electron chi connectivity index (χ4n) is 5.52. The van der Waals surface area contributed by atoms with Crippen molar-refractivity contribution in [1.29, 1.82) is 0 Å². The molecular formula is C29H42O6. The van der Waals surface area contributed by atoms with Gasteiger partial charge in [0.15, 0.2) is 0 Å². The topological polar surface area (TPSA) is 88.5 Å². The van der Waals surface area contributed by atoms with Gasteiger partial charge in [0.1, 0.15) is 18.3 Å². The quantitative estimate of drug-likeness (QED) is 0.341. The van der Waals surface area contributed by atoms with Crippen molar-refractivity contribution in [3.8, 4) is 0 Å². The van der Waals surface area contributed by atoms with E-state index >= 15 is 0 Å². The number of rotatable bonds is 3. The Morgan fingerprint density at radius 2 is 1.89 bits per heavy atom. The van der Waals surface area contributed by atoms with Crippen molar-refractivity contribution in [2.24, 2.45) is 5.92 Å². The number of esters is 1. The summed E-state index contributed by atoms with van der Waals surface area (Å²) in [5.41, 5.74) is 1.01. The second-order valence-corrected chi connectivity index (χ2v) is 10.6. The van der Waals surface area contributed by atoms with Gasteiger partial charge in [-0.3, -0.25) is 0 Å². The lowest BCUT2D eigenvalue weighted by Crippen LogP contribution is -2.32. The van der Waals surface area contributed by atoms with Crippen LogP contribution < -0.4 is 0 Å². The maximum Gasteiger partial charge on any atom is 0.330 e. The molecule has 3 aliphatic heterocycles. The average molecular weight is 487 g/mol. The molecule has 0 aromatic rings. The molecule has 1 unspecified atom stereocenters. The Balaban J connectivity index is 1.42. The zero-order chi connectivity index (χ0) is 24.6. The van der Waals surface area contributed by atoms with E-state index in [0.717, 1.165) is 44.1 Å². The largest absolute Gasteiger partial charge is 0.456 e. The lowest BCUT2D eigenvalue weighted by atomic mass is 9.88. The van der Waals surface area contributed by atoms with Crippen molar-refractivity contribution in [1.82, 2.24) is 0 Å². The highest BCUT2D eigenvalue weighted by atomic mass is 16.6. The van der Waals surface area contributed by atoms with Crippen molar-refractivity contribution in [3.05, 3.63) is 48.6 Å².